The van der Waals surface area contributed by atoms with E-state index < -0.39 is 5.41 Å². The minimum atomic E-state index is -0.461. The monoisotopic (exact) mass is 260 g/mol. The molecule has 0 aliphatic heterocycles. The molecule has 0 bridgehead atoms. The lowest BCUT2D eigenvalue weighted by Gasteiger charge is -2.22. The molecule has 19 heavy (non-hydrogen) atoms. The van der Waals surface area contributed by atoms with Gasteiger partial charge in [-0.15, -0.1) is 0 Å². The molecule has 2 aliphatic carbocycles. The summed E-state index contributed by atoms with van der Waals surface area (Å²) in [6.45, 7) is 9.86. The molecule has 0 saturated heterocycles. The normalized spacial score (nSPS) is 25.9. The van der Waals surface area contributed by atoms with Gasteiger partial charge in [0, 0.05) is 11.5 Å². The maximum Gasteiger partial charge on any atom is 0.316 e. The van der Waals surface area contributed by atoms with Crippen LogP contribution in [0.4, 0.5) is 0 Å². The van der Waals surface area contributed by atoms with E-state index in [1.54, 1.807) is 0 Å². The molecule has 2 heteroatoms. The Morgan fingerprint density at radius 2 is 2.00 bits per heavy atom. The van der Waals surface area contributed by atoms with Crippen molar-refractivity contribution in [3.63, 3.8) is 0 Å². The summed E-state index contributed by atoms with van der Waals surface area (Å²) in [5, 5.41) is 0. The van der Waals surface area contributed by atoms with Gasteiger partial charge >= 0.3 is 5.97 Å². The molecule has 0 saturated carbocycles. The molecule has 0 spiro atoms. The van der Waals surface area contributed by atoms with Gasteiger partial charge in [0.2, 0.25) is 0 Å². The summed E-state index contributed by atoms with van der Waals surface area (Å²) < 4.78 is 5.67. The molecule has 0 aromatic carbocycles. The summed E-state index contributed by atoms with van der Waals surface area (Å²) in [6, 6.07) is 0. The zero-order chi connectivity index (χ0) is 14.2. The van der Waals surface area contributed by atoms with Gasteiger partial charge in [-0.3, -0.25) is 4.79 Å². The molecule has 0 amide bonds. The van der Waals surface area contributed by atoms with Crippen molar-refractivity contribution in [2.75, 3.05) is 0 Å². The zero-order valence-corrected chi connectivity index (χ0v) is 12.6. The lowest BCUT2D eigenvalue weighted by atomic mass is 9.83. The maximum atomic E-state index is 12.1. The average molecular weight is 260 g/mol. The number of ether oxygens (including phenoxy) is 1. The molecule has 0 radical (unpaired) electrons. The third-order valence-electron chi connectivity index (χ3n) is 3.79. The summed E-state index contributed by atoms with van der Waals surface area (Å²) >= 11 is 0. The third kappa shape index (κ3) is 2.83. The highest BCUT2D eigenvalue weighted by atomic mass is 16.5. The lowest BCUT2D eigenvalue weighted by molar-refractivity contribution is -0.148. The van der Waals surface area contributed by atoms with E-state index in [1.807, 2.05) is 20.8 Å². The van der Waals surface area contributed by atoms with E-state index in [2.05, 4.69) is 32.1 Å². The molecule has 2 aliphatic rings. The maximum absolute atomic E-state index is 12.1. The summed E-state index contributed by atoms with van der Waals surface area (Å²) in [7, 11) is 0. The highest BCUT2D eigenvalue weighted by molar-refractivity contribution is 5.77. The van der Waals surface area contributed by atoms with Gasteiger partial charge < -0.3 is 4.74 Å². The van der Waals surface area contributed by atoms with Crippen LogP contribution >= 0.6 is 0 Å². The Kier molecular flexibility index (Phi) is 3.71. The van der Waals surface area contributed by atoms with E-state index in [0.717, 1.165) is 18.6 Å². The van der Waals surface area contributed by atoms with Crippen LogP contribution in [-0.4, -0.2) is 5.97 Å². The predicted octanol–water partition coefficient (Wildman–Crippen LogP) is 4.39. The molecule has 0 fully saturated rings. The Morgan fingerprint density at radius 3 is 2.58 bits per heavy atom. The minimum absolute atomic E-state index is 0.153. The van der Waals surface area contributed by atoms with Crippen LogP contribution in [0.25, 0.3) is 0 Å². The molecule has 0 N–H and O–H groups in total. The Bertz CT molecular complexity index is 468. The van der Waals surface area contributed by atoms with E-state index in [-0.39, 0.29) is 5.97 Å². The van der Waals surface area contributed by atoms with Gasteiger partial charge in [-0.25, -0.2) is 0 Å². The minimum Gasteiger partial charge on any atom is -0.426 e. The van der Waals surface area contributed by atoms with Crippen LogP contribution in [0.15, 0.2) is 35.1 Å². The van der Waals surface area contributed by atoms with Gasteiger partial charge in [-0.05, 0) is 59.5 Å². The summed E-state index contributed by atoms with van der Waals surface area (Å²) in [6.07, 6.45) is 8.93. The topological polar surface area (TPSA) is 26.3 Å². The number of allylic oxidation sites excluding steroid dienone is 5. The second-order valence-electron chi connectivity index (χ2n) is 6.78. The molecular weight excluding hydrogens is 236 g/mol. The molecule has 104 valence electrons. The second kappa shape index (κ2) is 4.99. The quantitative estimate of drug-likeness (QED) is 0.516. The van der Waals surface area contributed by atoms with Crippen LogP contribution in [0, 0.1) is 17.3 Å². The number of carbonyl (C=O) groups is 1. The fourth-order valence-electron chi connectivity index (χ4n) is 2.72. The van der Waals surface area contributed by atoms with Crippen molar-refractivity contribution in [1.82, 2.24) is 0 Å². The largest absolute Gasteiger partial charge is 0.426 e. The van der Waals surface area contributed by atoms with Gasteiger partial charge in [-0.1, -0.05) is 17.7 Å². The van der Waals surface area contributed by atoms with Gasteiger partial charge in [0.25, 0.3) is 0 Å². The molecule has 2 rings (SSSR count). The van der Waals surface area contributed by atoms with Crippen molar-refractivity contribution in [3.8, 4) is 0 Å². The molecule has 0 aromatic heterocycles. The molecule has 2 nitrogen and oxygen atoms in total. The van der Waals surface area contributed by atoms with Gasteiger partial charge in [-0.2, -0.15) is 0 Å². The van der Waals surface area contributed by atoms with Crippen molar-refractivity contribution in [2.24, 2.45) is 17.3 Å². The average Bonchev–Trinajstić information content (AvgIpc) is 2.65. The lowest BCUT2D eigenvalue weighted by Crippen LogP contribution is -2.23. The number of carbonyl (C=O) groups excluding carboxylic acids is 1. The smallest absolute Gasteiger partial charge is 0.316 e. The first-order chi connectivity index (χ1) is 8.80. The standard InChI is InChI=1S/C17H24O2/c1-11(2)15-13-9-7-6-8-12(13)10-14(15)19-16(18)17(3,4)5/h7,9-10,12-13H,6,8H2,1-5H3/t12-,13-/m0/s1. The zero-order valence-electron chi connectivity index (χ0n) is 12.6. The first-order valence-corrected chi connectivity index (χ1v) is 7.09. The fourth-order valence-corrected chi connectivity index (χ4v) is 2.72. The van der Waals surface area contributed by atoms with Gasteiger partial charge in [0.05, 0.1) is 5.41 Å². The first kappa shape index (κ1) is 14.1. The molecule has 0 unspecified atom stereocenters. The number of esters is 1. The van der Waals surface area contributed by atoms with Crippen LogP contribution in [0.5, 0.6) is 0 Å². The Labute approximate surface area is 116 Å². The van der Waals surface area contributed by atoms with Gasteiger partial charge in [0.15, 0.2) is 0 Å². The molecule has 0 aromatic rings. The highest BCUT2D eigenvalue weighted by Crippen LogP contribution is 2.44. The van der Waals surface area contributed by atoms with Gasteiger partial charge in [0.1, 0.15) is 5.76 Å². The highest BCUT2D eigenvalue weighted by Gasteiger charge is 2.36. The van der Waals surface area contributed by atoms with E-state index in [1.165, 1.54) is 11.1 Å². The number of hydrogen-bond acceptors (Lipinski definition) is 2. The Hall–Kier alpha value is -1.31. The van der Waals surface area contributed by atoms with Crippen LogP contribution in [0.1, 0.15) is 47.5 Å². The molecular formula is C17H24O2. The van der Waals surface area contributed by atoms with E-state index in [4.69, 9.17) is 4.74 Å². The number of hydrogen-bond donors (Lipinski definition) is 0. The van der Waals surface area contributed by atoms with Crippen molar-refractivity contribution in [1.29, 1.82) is 0 Å². The van der Waals surface area contributed by atoms with Crippen LogP contribution in [0.2, 0.25) is 0 Å². The second-order valence-corrected chi connectivity index (χ2v) is 6.78. The summed E-state index contributed by atoms with van der Waals surface area (Å²) in [4.78, 5) is 12.1. The van der Waals surface area contributed by atoms with Crippen molar-refractivity contribution >= 4 is 5.97 Å². The summed E-state index contributed by atoms with van der Waals surface area (Å²) in [5.41, 5.74) is 1.99. The van der Waals surface area contributed by atoms with E-state index in [9.17, 15) is 4.79 Å². The van der Waals surface area contributed by atoms with Crippen molar-refractivity contribution in [2.45, 2.75) is 47.5 Å². The van der Waals surface area contributed by atoms with Crippen LogP contribution in [-0.2, 0) is 9.53 Å². The first-order valence-electron chi connectivity index (χ1n) is 7.09. The predicted molar refractivity (Wildman–Crippen MR) is 77.4 cm³/mol. The number of fused-ring (bicyclic) bond motifs is 1. The van der Waals surface area contributed by atoms with E-state index >= 15 is 0 Å². The van der Waals surface area contributed by atoms with Crippen molar-refractivity contribution < 1.29 is 9.53 Å². The Balaban J connectivity index is 2.27. The Morgan fingerprint density at radius 1 is 1.32 bits per heavy atom. The number of rotatable bonds is 1. The summed E-state index contributed by atoms with van der Waals surface area (Å²) in [5.74, 6) is 1.54. The van der Waals surface area contributed by atoms with Crippen LogP contribution < -0.4 is 0 Å². The fraction of sp³-hybridized carbons (Fsp3) is 0.588. The molecule has 2 atom stereocenters. The SMILES string of the molecule is CC(C)=C1C(OC(=O)C(C)(C)C)=C[C@@H]2CCC=C[C@H]12. The third-order valence-corrected chi connectivity index (χ3v) is 3.79. The molecule has 0 heterocycles. The van der Waals surface area contributed by atoms with Crippen LogP contribution in [0.3, 0.4) is 0 Å². The van der Waals surface area contributed by atoms with Crippen molar-refractivity contribution in [3.05, 3.63) is 35.1 Å². The van der Waals surface area contributed by atoms with E-state index in [0.29, 0.717) is 11.8 Å².